The van der Waals surface area contributed by atoms with E-state index in [1.54, 1.807) is 0 Å². The molecular weight excluding hydrogens is 158 g/mol. The number of methoxy groups -OCH3 is 1. The van der Waals surface area contributed by atoms with E-state index in [0.29, 0.717) is 19.1 Å². The van der Waals surface area contributed by atoms with Crippen LogP contribution in [0.25, 0.3) is 0 Å². The van der Waals surface area contributed by atoms with Gasteiger partial charge in [-0.25, -0.2) is 0 Å². The van der Waals surface area contributed by atoms with Gasteiger partial charge in [0.25, 0.3) is 0 Å². The first-order valence-electron chi connectivity index (χ1n) is 4.22. The average molecular weight is 173 g/mol. The molecule has 0 aromatic heterocycles. The lowest BCUT2D eigenvalue weighted by atomic mass is 10.2. The highest BCUT2D eigenvalue weighted by molar-refractivity contribution is 5.68. The lowest BCUT2D eigenvalue weighted by Crippen LogP contribution is -2.48. The minimum atomic E-state index is -0.162. The minimum absolute atomic E-state index is 0.162. The number of hydrogen-bond acceptors (Lipinski definition) is 4. The Morgan fingerprint density at radius 3 is 2.83 bits per heavy atom. The van der Waals surface area contributed by atoms with Gasteiger partial charge in [0.2, 0.25) is 0 Å². The van der Waals surface area contributed by atoms with Crippen molar-refractivity contribution >= 4 is 5.97 Å². The van der Waals surface area contributed by atoms with Crippen molar-refractivity contribution in [2.45, 2.75) is 18.9 Å². The van der Waals surface area contributed by atoms with Crippen molar-refractivity contribution in [3.63, 3.8) is 0 Å². The fraction of sp³-hybridized carbons (Fsp3) is 0.875. The molecular formula is C8H15NO3. The predicted molar refractivity (Wildman–Crippen MR) is 43.9 cm³/mol. The molecule has 0 aliphatic carbocycles. The molecule has 0 bridgehead atoms. The summed E-state index contributed by atoms with van der Waals surface area (Å²) in [6.07, 6.45) is 1.57. The summed E-state index contributed by atoms with van der Waals surface area (Å²) in [5.41, 5.74) is 0. The van der Waals surface area contributed by atoms with Crippen LogP contribution in [0.1, 0.15) is 12.8 Å². The topological polar surface area (TPSA) is 47.6 Å². The van der Waals surface area contributed by atoms with Gasteiger partial charge < -0.3 is 14.8 Å². The Kier molecular flexibility index (Phi) is 4.04. The van der Waals surface area contributed by atoms with Crippen LogP contribution < -0.4 is 5.32 Å². The summed E-state index contributed by atoms with van der Waals surface area (Å²) in [5, 5.41) is 3.11. The third kappa shape index (κ3) is 3.19. The van der Waals surface area contributed by atoms with Gasteiger partial charge in [0.1, 0.15) is 0 Å². The first kappa shape index (κ1) is 9.48. The Balaban J connectivity index is 1.85. The van der Waals surface area contributed by atoms with Crippen molar-refractivity contribution in [3.05, 3.63) is 0 Å². The van der Waals surface area contributed by atoms with Gasteiger partial charge in [0.05, 0.1) is 13.2 Å². The van der Waals surface area contributed by atoms with E-state index in [-0.39, 0.29) is 5.97 Å². The zero-order valence-electron chi connectivity index (χ0n) is 7.34. The number of ether oxygens (including phenoxy) is 2. The maximum Gasteiger partial charge on any atom is 0.305 e. The van der Waals surface area contributed by atoms with Crippen LogP contribution in [0.4, 0.5) is 0 Å². The Morgan fingerprint density at radius 1 is 1.58 bits per heavy atom. The van der Waals surface area contributed by atoms with Crippen LogP contribution in [-0.2, 0) is 14.3 Å². The molecule has 0 aromatic rings. The van der Waals surface area contributed by atoms with Gasteiger partial charge in [-0.2, -0.15) is 0 Å². The lowest BCUT2D eigenvalue weighted by Gasteiger charge is -2.26. The Hall–Kier alpha value is -0.610. The van der Waals surface area contributed by atoms with Crippen LogP contribution >= 0.6 is 0 Å². The molecule has 0 spiro atoms. The lowest BCUT2D eigenvalue weighted by molar-refractivity contribution is -0.141. The smallest absolute Gasteiger partial charge is 0.305 e. The predicted octanol–water partition coefficient (Wildman–Crippen LogP) is -0.0720. The highest BCUT2D eigenvalue weighted by Gasteiger charge is 2.16. The van der Waals surface area contributed by atoms with Crippen molar-refractivity contribution in [2.75, 3.05) is 26.8 Å². The molecule has 70 valence electrons. The first-order chi connectivity index (χ1) is 5.83. The van der Waals surface area contributed by atoms with Gasteiger partial charge in [-0.05, 0) is 6.42 Å². The Morgan fingerprint density at radius 2 is 2.33 bits per heavy atom. The SMILES string of the molecule is COC(=O)CCCOC1CNC1. The molecule has 1 rings (SSSR count). The van der Waals surface area contributed by atoms with E-state index >= 15 is 0 Å². The maximum absolute atomic E-state index is 10.6. The monoisotopic (exact) mass is 173 g/mol. The van der Waals surface area contributed by atoms with E-state index < -0.39 is 0 Å². The summed E-state index contributed by atoms with van der Waals surface area (Å²) >= 11 is 0. The quantitative estimate of drug-likeness (QED) is 0.467. The molecule has 0 unspecified atom stereocenters. The van der Waals surface area contributed by atoms with Crippen molar-refractivity contribution in [2.24, 2.45) is 0 Å². The van der Waals surface area contributed by atoms with Crippen molar-refractivity contribution in [3.8, 4) is 0 Å². The summed E-state index contributed by atoms with van der Waals surface area (Å²) < 4.78 is 9.89. The molecule has 1 heterocycles. The molecule has 0 amide bonds. The molecule has 1 aliphatic heterocycles. The zero-order valence-corrected chi connectivity index (χ0v) is 7.34. The number of carbonyl (C=O) groups excluding carboxylic acids is 1. The van der Waals surface area contributed by atoms with Gasteiger partial charge in [-0.1, -0.05) is 0 Å². The summed E-state index contributed by atoms with van der Waals surface area (Å²) in [6.45, 7) is 2.54. The van der Waals surface area contributed by atoms with E-state index in [1.165, 1.54) is 7.11 Å². The van der Waals surface area contributed by atoms with Crippen LogP contribution in [0, 0.1) is 0 Å². The van der Waals surface area contributed by atoms with Gasteiger partial charge >= 0.3 is 5.97 Å². The fourth-order valence-electron chi connectivity index (χ4n) is 0.949. The number of carbonyl (C=O) groups is 1. The normalized spacial score (nSPS) is 17.1. The number of esters is 1. The molecule has 0 aromatic carbocycles. The Labute approximate surface area is 72.2 Å². The second kappa shape index (κ2) is 5.11. The standard InChI is InChI=1S/C8H15NO3/c1-11-8(10)3-2-4-12-7-5-9-6-7/h7,9H,2-6H2,1H3. The van der Waals surface area contributed by atoms with Crippen LogP contribution in [0.2, 0.25) is 0 Å². The second-order valence-corrected chi connectivity index (χ2v) is 2.83. The summed E-state index contributed by atoms with van der Waals surface area (Å²) in [5.74, 6) is -0.162. The molecule has 1 saturated heterocycles. The molecule has 1 fully saturated rings. The van der Waals surface area contributed by atoms with E-state index in [4.69, 9.17) is 4.74 Å². The summed E-state index contributed by atoms with van der Waals surface area (Å²) in [7, 11) is 1.40. The molecule has 0 saturated carbocycles. The number of nitrogens with one attached hydrogen (secondary N) is 1. The van der Waals surface area contributed by atoms with Gasteiger partial charge in [0, 0.05) is 26.1 Å². The second-order valence-electron chi connectivity index (χ2n) is 2.83. The molecule has 1 aliphatic rings. The first-order valence-corrected chi connectivity index (χ1v) is 4.22. The maximum atomic E-state index is 10.6. The summed E-state index contributed by atoms with van der Waals surface area (Å²) in [4.78, 5) is 10.6. The van der Waals surface area contributed by atoms with Crippen LogP contribution in [-0.4, -0.2) is 38.9 Å². The fourth-order valence-corrected chi connectivity index (χ4v) is 0.949. The molecule has 0 radical (unpaired) electrons. The molecule has 1 N–H and O–H groups in total. The Bertz CT molecular complexity index is 145. The van der Waals surface area contributed by atoms with E-state index in [9.17, 15) is 4.79 Å². The van der Waals surface area contributed by atoms with Gasteiger partial charge in [-0.15, -0.1) is 0 Å². The summed E-state index contributed by atoms with van der Waals surface area (Å²) in [6, 6.07) is 0. The highest BCUT2D eigenvalue weighted by atomic mass is 16.5. The number of hydrogen-bond donors (Lipinski definition) is 1. The molecule has 4 heteroatoms. The highest BCUT2D eigenvalue weighted by Crippen LogP contribution is 2.00. The van der Waals surface area contributed by atoms with Crippen LogP contribution in [0.3, 0.4) is 0 Å². The van der Waals surface area contributed by atoms with Crippen molar-refractivity contribution < 1.29 is 14.3 Å². The number of rotatable bonds is 5. The van der Waals surface area contributed by atoms with Crippen molar-refractivity contribution in [1.29, 1.82) is 0 Å². The van der Waals surface area contributed by atoms with Crippen LogP contribution in [0.5, 0.6) is 0 Å². The van der Waals surface area contributed by atoms with E-state index in [1.807, 2.05) is 0 Å². The largest absolute Gasteiger partial charge is 0.469 e. The van der Waals surface area contributed by atoms with Crippen LogP contribution in [0.15, 0.2) is 0 Å². The van der Waals surface area contributed by atoms with Crippen molar-refractivity contribution in [1.82, 2.24) is 5.32 Å². The van der Waals surface area contributed by atoms with Gasteiger partial charge in [0.15, 0.2) is 0 Å². The molecule has 0 atom stereocenters. The van der Waals surface area contributed by atoms with E-state index in [2.05, 4.69) is 10.1 Å². The molecule has 12 heavy (non-hydrogen) atoms. The molecule has 4 nitrogen and oxygen atoms in total. The minimum Gasteiger partial charge on any atom is -0.469 e. The zero-order chi connectivity index (χ0) is 8.81. The third-order valence-electron chi connectivity index (χ3n) is 1.85. The third-order valence-corrected chi connectivity index (χ3v) is 1.85. The van der Waals surface area contributed by atoms with Gasteiger partial charge in [-0.3, -0.25) is 4.79 Å². The average Bonchev–Trinajstić information content (AvgIpc) is 2.00. The van der Waals surface area contributed by atoms with E-state index in [0.717, 1.165) is 19.5 Å².